The minimum Gasteiger partial charge on any atom is -0.394 e. The van der Waals surface area contributed by atoms with Gasteiger partial charge in [0.05, 0.1) is 23.9 Å². The number of aliphatic hydroxyl groups excluding tert-OH is 1. The van der Waals surface area contributed by atoms with Crippen LogP contribution in [0.1, 0.15) is 38.0 Å². The number of halogens is 2. The Morgan fingerprint density at radius 3 is 2.47 bits per heavy atom. The third kappa shape index (κ3) is 7.53. The van der Waals surface area contributed by atoms with Gasteiger partial charge in [-0.2, -0.15) is 15.0 Å². The molecule has 2 aromatic rings. The van der Waals surface area contributed by atoms with E-state index in [1.165, 1.54) is 6.07 Å². The fraction of sp³-hybridized carbons (Fsp3) is 0.500. The van der Waals surface area contributed by atoms with E-state index in [1.54, 1.807) is 19.1 Å². The Morgan fingerprint density at radius 2 is 1.87 bits per heavy atom. The maximum atomic E-state index is 14.3. The minimum absolute atomic E-state index is 0.0110. The maximum Gasteiger partial charge on any atom is 0.242 e. The molecule has 1 heterocycles. The second-order valence-electron chi connectivity index (χ2n) is 7.20. The number of hydrogen-bond acceptors (Lipinski definition) is 8. The summed E-state index contributed by atoms with van der Waals surface area (Å²) in [6.07, 6.45) is 1.64. The number of nitrogens with zero attached hydrogens (tertiary/aromatic N) is 3. The molecule has 0 aliphatic heterocycles. The van der Waals surface area contributed by atoms with Crippen LogP contribution in [0.5, 0.6) is 0 Å². The Labute approximate surface area is 185 Å². The number of nitrogens with one attached hydrogen (secondary N) is 2. The fourth-order valence-electron chi connectivity index (χ4n) is 2.67. The number of thioether (sulfide) groups is 1. The zero-order valence-corrected chi connectivity index (χ0v) is 19.4. The van der Waals surface area contributed by atoms with Crippen molar-refractivity contribution in [2.75, 3.05) is 22.9 Å². The fourth-order valence-corrected chi connectivity index (χ4v) is 4.18. The van der Waals surface area contributed by atoms with E-state index in [2.05, 4.69) is 25.0 Å². The van der Waals surface area contributed by atoms with Crippen molar-refractivity contribution in [1.82, 2.24) is 15.0 Å². The molecule has 1 unspecified atom stereocenters. The average molecular weight is 478 g/mol. The number of hydrogen-bond donors (Lipinski definition) is 3. The molecule has 0 aliphatic rings. The molecule has 2 rings (SSSR count). The van der Waals surface area contributed by atoms with Gasteiger partial charge in [0.25, 0.3) is 0 Å². The molecule has 0 saturated heterocycles. The Balaban J connectivity index is 2.34. The van der Waals surface area contributed by atoms with E-state index >= 15 is 0 Å². The van der Waals surface area contributed by atoms with Gasteiger partial charge in [0.1, 0.15) is 5.82 Å². The van der Waals surface area contributed by atoms with Crippen LogP contribution in [0.25, 0.3) is 0 Å². The molecular weight excluding hydrogens is 453 g/mol. The van der Waals surface area contributed by atoms with Crippen molar-refractivity contribution in [3.63, 3.8) is 0 Å². The molecule has 3 N–H and O–H groups in total. The van der Waals surface area contributed by atoms with Gasteiger partial charge in [-0.05, 0) is 25.3 Å². The van der Waals surface area contributed by atoms with E-state index in [-0.39, 0.29) is 34.7 Å². The third-order valence-corrected chi connectivity index (χ3v) is 5.75. The van der Waals surface area contributed by atoms with Gasteiger partial charge in [0, 0.05) is 10.8 Å². The maximum absolute atomic E-state index is 14.3. The molecule has 0 radical (unpaired) electrons. The monoisotopic (exact) mass is 477 g/mol. The summed E-state index contributed by atoms with van der Waals surface area (Å²) in [5, 5.41) is 12.4. The SMILES string of the molecule is CC(C)C[C@H](CO)Nc1nc(NS(C)(=O)=O)nc(SC(C)c2cccc(Cl)c2F)n1. The van der Waals surface area contributed by atoms with Gasteiger partial charge in [-0.15, -0.1) is 0 Å². The molecule has 8 nitrogen and oxygen atoms in total. The standard InChI is InChI=1S/C18H25ClFN5O3S2/c1-10(2)8-12(9-26)21-16-22-17(25-30(4,27)28)24-18(23-16)29-11(3)13-6-5-7-14(19)15(13)20/h5-7,10-12,26H,8-9H2,1-4H3,(H2,21,22,23,24,25)/t11?,12-/m1/s1. The van der Waals surface area contributed by atoms with E-state index in [9.17, 15) is 17.9 Å². The molecule has 30 heavy (non-hydrogen) atoms. The first-order chi connectivity index (χ1) is 14.0. The highest BCUT2D eigenvalue weighted by molar-refractivity contribution is 7.99. The first-order valence-corrected chi connectivity index (χ1v) is 12.3. The lowest BCUT2D eigenvalue weighted by Crippen LogP contribution is -2.27. The molecule has 0 fully saturated rings. The van der Waals surface area contributed by atoms with Gasteiger partial charge in [-0.1, -0.05) is 49.3 Å². The van der Waals surface area contributed by atoms with Gasteiger partial charge in [0.15, 0.2) is 5.16 Å². The summed E-state index contributed by atoms with van der Waals surface area (Å²) < 4.78 is 39.8. The van der Waals surface area contributed by atoms with Crippen molar-refractivity contribution >= 4 is 45.3 Å². The quantitative estimate of drug-likeness (QED) is 0.443. The average Bonchev–Trinajstić information content (AvgIpc) is 2.61. The van der Waals surface area contributed by atoms with Crippen LogP contribution < -0.4 is 10.0 Å². The molecule has 0 spiro atoms. The Hall–Kier alpha value is -1.69. The number of aliphatic hydroxyl groups is 1. The van der Waals surface area contributed by atoms with E-state index < -0.39 is 21.1 Å². The lowest BCUT2D eigenvalue weighted by Gasteiger charge is -2.19. The molecule has 1 aromatic heterocycles. The number of rotatable bonds is 10. The van der Waals surface area contributed by atoms with Crippen molar-refractivity contribution in [3.8, 4) is 0 Å². The molecule has 166 valence electrons. The first-order valence-electron chi connectivity index (χ1n) is 9.20. The Morgan fingerprint density at radius 1 is 1.20 bits per heavy atom. The van der Waals surface area contributed by atoms with Crippen LogP contribution in [-0.4, -0.2) is 47.4 Å². The summed E-state index contributed by atoms with van der Waals surface area (Å²) in [6.45, 7) is 5.63. The van der Waals surface area contributed by atoms with Crippen LogP contribution in [0.3, 0.4) is 0 Å². The third-order valence-electron chi connectivity index (χ3n) is 3.90. The summed E-state index contributed by atoms with van der Waals surface area (Å²) >= 11 is 6.99. The summed E-state index contributed by atoms with van der Waals surface area (Å²) in [7, 11) is -3.62. The highest BCUT2D eigenvalue weighted by atomic mass is 35.5. The summed E-state index contributed by atoms with van der Waals surface area (Å²) in [4.78, 5) is 12.5. The van der Waals surface area contributed by atoms with Crippen molar-refractivity contribution in [1.29, 1.82) is 0 Å². The van der Waals surface area contributed by atoms with E-state index in [4.69, 9.17) is 11.6 Å². The van der Waals surface area contributed by atoms with E-state index in [0.29, 0.717) is 17.9 Å². The van der Waals surface area contributed by atoms with Gasteiger partial charge < -0.3 is 10.4 Å². The van der Waals surface area contributed by atoms with Gasteiger partial charge >= 0.3 is 0 Å². The van der Waals surface area contributed by atoms with Crippen molar-refractivity contribution < 1.29 is 17.9 Å². The summed E-state index contributed by atoms with van der Waals surface area (Å²) in [5.41, 5.74) is 0.369. The van der Waals surface area contributed by atoms with Gasteiger partial charge in [-0.3, -0.25) is 4.72 Å². The zero-order chi connectivity index (χ0) is 22.5. The molecule has 0 saturated carbocycles. The summed E-state index contributed by atoms with van der Waals surface area (Å²) in [5.74, 6) is -0.280. The van der Waals surface area contributed by atoms with Crippen LogP contribution >= 0.6 is 23.4 Å². The van der Waals surface area contributed by atoms with Crippen LogP contribution in [0.15, 0.2) is 23.4 Å². The lowest BCUT2D eigenvalue weighted by molar-refractivity contribution is 0.259. The number of benzene rings is 1. The van der Waals surface area contributed by atoms with Crippen molar-refractivity contribution in [2.24, 2.45) is 5.92 Å². The molecule has 0 aliphatic carbocycles. The molecule has 1 aromatic carbocycles. The van der Waals surface area contributed by atoms with Crippen LogP contribution in [-0.2, 0) is 10.0 Å². The summed E-state index contributed by atoms with van der Waals surface area (Å²) in [6, 6.07) is 4.39. The van der Waals surface area contributed by atoms with Crippen LogP contribution in [0, 0.1) is 11.7 Å². The number of aromatic nitrogens is 3. The molecule has 0 bridgehead atoms. The topological polar surface area (TPSA) is 117 Å². The zero-order valence-electron chi connectivity index (χ0n) is 17.1. The van der Waals surface area contributed by atoms with E-state index in [1.807, 2.05) is 13.8 Å². The predicted molar refractivity (Wildman–Crippen MR) is 118 cm³/mol. The molecule has 12 heteroatoms. The highest BCUT2D eigenvalue weighted by Gasteiger charge is 2.19. The number of anilines is 2. The second-order valence-corrected chi connectivity index (χ2v) is 10.7. The van der Waals surface area contributed by atoms with Gasteiger partial charge in [0.2, 0.25) is 21.9 Å². The van der Waals surface area contributed by atoms with Crippen molar-refractivity contribution in [3.05, 3.63) is 34.6 Å². The highest BCUT2D eigenvalue weighted by Crippen LogP contribution is 2.36. The van der Waals surface area contributed by atoms with Crippen molar-refractivity contribution in [2.45, 2.75) is 43.6 Å². The van der Waals surface area contributed by atoms with Gasteiger partial charge in [-0.25, -0.2) is 12.8 Å². The largest absolute Gasteiger partial charge is 0.394 e. The first kappa shape index (κ1) is 24.6. The second kappa shape index (κ2) is 10.6. The molecule has 0 amide bonds. The predicted octanol–water partition coefficient (Wildman–Crippen LogP) is 3.71. The number of sulfonamides is 1. The normalized spacial score (nSPS) is 13.9. The van der Waals surface area contributed by atoms with Crippen LogP contribution in [0.4, 0.5) is 16.3 Å². The Kier molecular flexibility index (Phi) is 8.65. The Bertz CT molecular complexity index is 978. The molecular formula is C18H25ClFN5O3S2. The van der Waals surface area contributed by atoms with E-state index in [0.717, 1.165) is 18.0 Å². The smallest absolute Gasteiger partial charge is 0.242 e. The van der Waals surface area contributed by atoms with Crippen LogP contribution in [0.2, 0.25) is 5.02 Å². The minimum atomic E-state index is -3.62. The molecule has 2 atom stereocenters. The lowest BCUT2D eigenvalue weighted by atomic mass is 10.0.